The Balaban J connectivity index is 2.58. The van der Waals surface area contributed by atoms with E-state index in [-0.39, 0.29) is 12.1 Å². The summed E-state index contributed by atoms with van der Waals surface area (Å²) in [5, 5.41) is 13.2. The molecule has 4 atom stereocenters. The van der Waals surface area contributed by atoms with E-state index in [1.807, 2.05) is 0 Å². The Bertz CT molecular complexity index is 263. The lowest BCUT2D eigenvalue weighted by Crippen LogP contribution is -2.55. The Kier molecular flexibility index (Phi) is 6.24. The van der Waals surface area contributed by atoms with Gasteiger partial charge in [0, 0.05) is 30.7 Å². The molecule has 0 aromatic carbocycles. The van der Waals surface area contributed by atoms with Crippen molar-refractivity contribution in [3.05, 3.63) is 0 Å². The zero-order chi connectivity index (χ0) is 14.6. The highest BCUT2D eigenvalue weighted by Crippen LogP contribution is 2.20. The fourth-order valence-electron chi connectivity index (χ4n) is 3.22. The van der Waals surface area contributed by atoms with Gasteiger partial charge in [0.25, 0.3) is 0 Å². The largest absolute Gasteiger partial charge is 0.394 e. The summed E-state index contributed by atoms with van der Waals surface area (Å²) >= 11 is 0. The highest BCUT2D eigenvalue weighted by molar-refractivity contribution is 4.89. The molecule has 2 N–H and O–H groups in total. The fourth-order valence-corrected chi connectivity index (χ4v) is 3.22. The monoisotopic (exact) mass is 272 g/mol. The third kappa shape index (κ3) is 5.38. The normalized spacial score (nSPS) is 30.3. The minimum absolute atomic E-state index is 0.172. The van der Waals surface area contributed by atoms with Crippen LogP contribution in [0.5, 0.6) is 0 Å². The number of nitrogens with zero attached hydrogens (tertiary/aromatic N) is 1. The Morgan fingerprint density at radius 3 is 2.21 bits per heavy atom. The van der Waals surface area contributed by atoms with Gasteiger partial charge in [-0.05, 0) is 34.1 Å². The highest BCUT2D eigenvalue weighted by atomic mass is 16.5. The maximum absolute atomic E-state index is 9.68. The lowest BCUT2D eigenvalue weighted by Gasteiger charge is -2.42. The van der Waals surface area contributed by atoms with Gasteiger partial charge in [-0.25, -0.2) is 0 Å². The first-order valence-corrected chi connectivity index (χ1v) is 7.54. The lowest BCUT2D eigenvalue weighted by molar-refractivity contribution is -0.0822. The van der Waals surface area contributed by atoms with Gasteiger partial charge in [0.05, 0.1) is 18.8 Å². The molecular weight excluding hydrogens is 240 g/mol. The first-order valence-electron chi connectivity index (χ1n) is 7.54. The van der Waals surface area contributed by atoms with Gasteiger partial charge in [-0.2, -0.15) is 0 Å². The maximum atomic E-state index is 9.68. The van der Waals surface area contributed by atoms with E-state index in [0.29, 0.717) is 24.3 Å². The minimum Gasteiger partial charge on any atom is -0.394 e. The van der Waals surface area contributed by atoms with Gasteiger partial charge in [-0.1, -0.05) is 13.8 Å². The van der Waals surface area contributed by atoms with E-state index in [9.17, 15) is 5.11 Å². The second-order valence-electron chi connectivity index (χ2n) is 6.78. The van der Waals surface area contributed by atoms with Gasteiger partial charge in [0.1, 0.15) is 0 Å². The number of aliphatic hydroxyl groups excluding tert-OH is 1. The van der Waals surface area contributed by atoms with Crippen molar-refractivity contribution in [2.24, 2.45) is 0 Å². The van der Waals surface area contributed by atoms with Crippen LogP contribution in [0.3, 0.4) is 0 Å². The summed E-state index contributed by atoms with van der Waals surface area (Å²) in [6.45, 7) is 15.0. The molecule has 0 bridgehead atoms. The van der Waals surface area contributed by atoms with Crippen LogP contribution in [0, 0.1) is 0 Å². The predicted octanol–water partition coefficient (Wildman–Crippen LogP) is 1.62. The predicted molar refractivity (Wildman–Crippen MR) is 79.4 cm³/mol. The molecule has 1 saturated heterocycles. The van der Waals surface area contributed by atoms with E-state index < -0.39 is 0 Å². The van der Waals surface area contributed by atoms with Crippen molar-refractivity contribution >= 4 is 0 Å². The Labute approximate surface area is 118 Å². The Hall–Kier alpha value is -0.160. The summed E-state index contributed by atoms with van der Waals surface area (Å²) in [5.74, 6) is 0. The fraction of sp³-hybridized carbons (Fsp3) is 1.00. The molecule has 0 aromatic heterocycles. The molecule has 1 aliphatic rings. The topological polar surface area (TPSA) is 44.7 Å². The van der Waals surface area contributed by atoms with Gasteiger partial charge in [0.2, 0.25) is 0 Å². The van der Waals surface area contributed by atoms with Crippen LogP contribution < -0.4 is 5.32 Å². The number of hydrogen-bond acceptors (Lipinski definition) is 4. The number of rotatable bonds is 6. The molecule has 1 heterocycles. The summed E-state index contributed by atoms with van der Waals surface area (Å²) in [6.07, 6.45) is 1.54. The highest BCUT2D eigenvalue weighted by Gasteiger charge is 2.31. The van der Waals surface area contributed by atoms with Crippen LogP contribution in [0.2, 0.25) is 0 Å². The SMILES string of the molecule is CC(C)NC(C)(CO)CC(C)N1CC(C)OC(C)C1. The molecule has 0 amide bonds. The van der Waals surface area contributed by atoms with Crippen LogP contribution in [0.15, 0.2) is 0 Å². The zero-order valence-electron chi connectivity index (χ0n) is 13.4. The molecule has 0 aromatic rings. The molecule has 19 heavy (non-hydrogen) atoms. The van der Waals surface area contributed by atoms with Gasteiger partial charge in [0.15, 0.2) is 0 Å². The van der Waals surface area contributed by atoms with Crippen LogP contribution >= 0.6 is 0 Å². The Morgan fingerprint density at radius 1 is 1.26 bits per heavy atom. The van der Waals surface area contributed by atoms with E-state index in [1.165, 1.54) is 0 Å². The van der Waals surface area contributed by atoms with Gasteiger partial charge >= 0.3 is 0 Å². The van der Waals surface area contributed by atoms with Crippen LogP contribution in [0.1, 0.15) is 48.0 Å². The van der Waals surface area contributed by atoms with Crippen LogP contribution in [-0.2, 0) is 4.74 Å². The molecule has 114 valence electrons. The van der Waals surface area contributed by atoms with Crippen LogP contribution in [-0.4, -0.2) is 59.5 Å². The zero-order valence-corrected chi connectivity index (χ0v) is 13.4. The molecule has 4 unspecified atom stereocenters. The van der Waals surface area contributed by atoms with Crippen molar-refractivity contribution in [2.75, 3.05) is 19.7 Å². The van der Waals surface area contributed by atoms with Crippen LogP contribution in [0.25, 0.3) is 0 Å². The second kappa shape index (κ2) is 7.02. The Morgan fingerprint density at radius 2 is 1.79 bits per heavy atom. The maximum Gasteiger partial charge on any atom is 0.0678 e. The van der Waals surface area contributed by atoms with E-state index in [1.54, 1.807) is 0 Å². The third-order valence-corrected chi connectivity index (χ3v) is 3.80. The summed E-state index contributed by atoms with van der Waals surface area (Å²) < 4.78 is 5.78. The molecule has 4 heteroatoms. The standard InChI is InChI=1S/C15H32N2O2/c1-11(2)16-15(6,10-18)7-12(3)17-8-13(4)19-14(5)9-17/h11-14,16,18H,7-10H2,1-6H3. The first kappa shape index (κ1) is 16.9. The van der Waals surface area contributed by atoms with Crippen molar-refractivity contribution in [3.8, 4) is 0 Å². The smallest absolute Gasteiger partial charge is 0.0678 e. The van der Waals surface area contributed by atoms with E-state index in [0.717, 1.165) is 19.5 Å². The molecule has 1 aliphatic heterocycles. The number of hydrogen-bond donors (Lipinski definition) is 2. The average molecular weight is 272 g/mol. The molecule has 4 nitrogen and oxygen atoms in total. The van der Waals surface area contributed by atoms with Crippen LogP contribution in [0.4, 0.5) is 0 Å². The first-order chi connectivity index (χ1) is 8.75. The number of nitrogens with one attached hydrogen (secondary N) is 1. The van der Waals surface area contributed by atoms with E-state index in [4.69, 9.17) is 4.74 Å². The van der Waals surface area contributed by atoms with Gasteiger partial charge < -0.3 is 15.2 Å². The minimum atomic E-state index is -0.210. The van der Waals surface area contributed by atoms with Crippen molar-refractivity contribution < 1.29 is 9.84 Å². The number of morpholine rings is 1. The molecule has 1 fully saturated rings. The lowest BCUT2D eigenvalue weighted by atomic mass is 9.92. The molecule has 0 spiro atoms. The molecular formula is C15H32N2O2. The van der Waals surface area contributed by atoms with E-state index >= 15 is 0 Å². The quantitative estimate of drug-likeness (QED) is 0.771. The average Bonchev–Trinajstić information content (AvgIpc) is 2.26. The summed E-state index contributed by atoms with van der Waals surface area (Å²) in [5.41, 5.74) is -0.210. The molecule has 0 aliphatic carbocycles. The molecule has 0 radical (unpaired) electrons. The summed E-state index contributed by atoms with van der Waals surface area (Å²) in [6, 6.07) is 0.823. The molecule has 0 saturated carbocycles. The van der Waals surface area contributed by atoms with Gasteiger partial charge in [-0.15, -0.1) is 0 Å². The number of aliphatic hydroxyl groups is 1. The van der Waals surface area contributed by atoms with Crippen molar-refractivity contribution in [2.45, 2.75) is 77.8 Å². The molecule has 1 rings (SSSR count). The van der Waals surface area contributed by atoms with Crippen molar-refractivity contribution in [1.29, 1.82) is 0 Å². The third-order valence-electron chi connectivity index (χ3n) is 3.80. The summed E-state index contributed by atoms with van der Waals surface area (Å²) in [4.78, 5) is 2.48. The van der Waals surface area contributed by atoms with E-state index in [2.05, 4.69) is 51.8 Å². The van der Waals surface area contributed by atoms with Gasteiger partial charge in [-0.3, -0.25) is 4.90 Å². The summed E-state index contributed by atoms with van der Waals surface area (Å²) in [7, 11) is 0. The van der Waals surface area contributed by atoms with Crippen molar-refractivity contribution in [1.82, 2.24) is 10.2 Å². The number of ether oxygens (including phenoxy) is 1. The second-order valence-corrected chi connectivity index (χ2v) is 6.78. The van der Waals surface area contributed by atoms with Crippen molar-refractivity contribution in [3.63, 3.8) is 0 Å².